The second kappa shape index (κ2) is 10.3. The monoisotopic (exact) mass is 497 g/mol. The average Bonchev–Trinajstić information content (AvgIpc) is 3.08. The summed E-state index contributed by atoms with van der Waals surface area (Å²) in [5, 5.41) is 14.0. The maximum atomic E-state index is 12.8. The Morgan fingerprint density at radius 2 is 1.76 bits per heavy atom. The number of anilines is 2. The first kappa shape index (κ1) is 24.6. The van der Waals surface area contributed by atoms with Gasteiger partial charge in [0.2, 0.25) is 11.8 Å². The first-order chi connectivity index (χ1) is 15.5. The van der Waals surface area contributed by atoms with E-state index in [1.54, 1.807) is 29.8 Å². The summed E-state index contributed by atoms with van der Waals surface area (Å²) in [6.07, 6.45) is -4.71. The molecule has 0 radical (unpaired) electrons. The highest BCUT2D eigenvalue weighted by atomic mass is 35.5. The van der Waals surface area contributed by atoms with Crippen molar-refractivity contribution in [3.8, 4) is 0 Å². The van der Waals surface area contributed by atoms with E-state index in [9.17, 15) is 22.8 Å². The minimum Gasteiger partial charge on any atom is -0.326 e. The Morgan fingerprint density at radius 1 is 1.06 bits per heavy atom. The topological polar surface area (TPSA) is 88.9 Å². The van der Waals surface area contributed by atoms with E-state index in [0.717, 1.165) is 29.5 Å². The first-order valence-corrected chi connectivity index (χ1v) is 10.9. The van der Waals surface area contributed by atoms with Gasteiger partial charge in [0.05, 0.1) is 17.7 Å². The lowest BCUT2D eigenvalue weighted by Gasteiger charge is -2.10. The molecular weight excluding hydrogens is 479 g/mol. The molecule has 2 N–H and O–H groups in total. The minimum absolute atomic E-state index is 0.0273. The Labute approximate surface area is 196 Å². The van der Waals surface area contributed by atoms with Crippen molar-refractivity contribution in [1.82, 2.24) is 14.8 Å². The molecule has 3 rings (SSSR count). The zero-order valence-corrected chi connectivity index (χ0v) is 19.1. The molecule has 2 amide bonds. The molecule has 174 valence electrons. The van der Waals surface area contributed by atoms with Gasteiger partial charge in [0.25, 0.3) is 0 Å². The predicted molar refractivity (Wildman–Crippen MR) is 120 cm³/mol. The second-order valence-electron chi connectivity index (χ2n) is 7.06. The standard InChI is InChI=1S/C21H19ClF3N5O2S/c1-12-6-7-15(9-16(12)22)27-19(32)11-33-20-29-28-17(30(20)2)10-18(31)26-14-5-3-4-13(8-14)21(23,24)25/h3-9H,10-11H2,1-2H3,(H,26,31)(H,27,32). The van der Waals surface area contributed by atoms with Crippen molar-refractivity contribution in [2.75, 3.05) is 16.4 Å². The summed E-state index contributed by atoms with van der Waals surface area (Å²) in [5.74, 6) is -0.469. The van der Waals surface area contributed by atoms with Crippen molar-refractivity contribution in [2.45, 2.75) is 24.7 Å². The van der Waals surface area contributed by atoms with Crippen molar-refractivity contribution in [1.29, 1.82) is 0 Å². The number of thioether (sulfide) groups is 1. The molecule has 12 heteroatoms. The van der Waals surface area contributed by atoms with Crippen LogP contribution >= 0.6 is 23.4 Å². The molecule has 0 aliphatic rings. The van der Waals surface area contributed by atoms with E-state index in [4.69, 9.17) is 11.6 Å². The molecule has 7 nitrogen and oxygen atoms in total. The van der Waals surface area contributed by atoms with Gasteiger partial charge in [0, 0.05) is 23.4 Å². The SMILES string of the molecule is Cc1ccc(NC(=O)CSc2nnc(CC(=O)Nc3cccc(C(F)(F)F)c3)n2C)cc1Cl. The van der Waals surface area contributed by atoms with Gasteiger partial charge in [-0.2, -0.15) is 13.2 Å². The number of aryl methyl sites for hydroxylation is 1. The first-order valence-electron chi connectivity index (χ1n) is 9.57. The molecule has 0 fully saturated rings. The van der Waals surface area contributed by atoms with E-state index in [1.165, 1.54) is 12.1 Å². The normalized spacial score (nSPS) is 11.3. The van der Waals surface area contributed by atoms with Crippen LogP contribution in [0.2, 0.25) is 5.02 Å². The minimum atomic E-state index is -4.51. The zero-order valence-electron chi connectivity index (χ0n) is 17.5. The van der Waals surface area contributed by atoms with E-state index in [1.807, 2.05) is 6.92 Å². The molecule has 0 saturated heterocycles. The number of hydrogen-bond donors (Lipinski definition) is 2. The van der Waals surface area contributed by atoms with Crippen molar-refractivity contribution >= 4 is 46.6 Å². The Bertz CT molecular complexity index is 1180. The smallest absolute Gasteiger partial charge is 0.326 e. The van der Waals surface area contributed by atoms with Gasteiger partial charge in [-0.05, 0) is 42.8 Å². The van der Waals surface area contributed by atoms with Crippen molar-refractivity contribution in [2.24, 2.45) is 7.05 Å². The van der Waals surface area contributed by atoms with Gasteiger partial charge in [-0.25, -0.2) is 0 Å². The van der Waals surface area contributed by atoms with Crippen LogP contribution in [0.1, 0.15) is 17.0 Å². The average molecular weight is 498 g/mol. The molecule has 0 aliphatic heterocycles. The van der Waals surface area contributed by atoms with Crippen molar-refractivity contribution < 1.29 is 22.8 Å². The number of carbonyl (C=O) groups is 2. The summed E-state index contributed by atoms with van der Waals surface area (Å²) < 4.78 is 40.0. The molecule has 1 heterocycles. The Balaban J connectivity index is 1.55. The highest BCUT2D eigenvalue weighted by Gasteiger charge is 2.30. The molecule has 0 spiro atoms. The Kier molecular flexibility index (Phi) is 7.65. The van der Waals surface area contributed by atoms with Crippen LogP contribution in [0.5, 0.6) is 0 Å². The van der Waals surface area contributed by atoms with E-state index >= 15 is 0 Å². The van der Waals surface area contributed by atoms with Crippen molar-refractivity contribution in [3.63, 3.8) is 0 Å². The molecule has 33 heavy (non-hydrogen) atoms. The predicted octanol–water partition coefficient (Wildman–Crippen LogP) is 4.71. The summed E-state index contributed by atoms with van der Waals surface area (Å²) in [6.45, 7) is 1.86. The molecule has 0 aliphatic carbocycles. The summed E-state index contributed by atoms with van der Waals surface area (Å²) in [7, 11) is 1.63. The molecule has 0 unspecified atom stereocenters. The number of carbonyl (C=O) groups excluding carboxylic acids is 2. The number of rotatable bonds is 7. The largest absolute Gasteiger partial charge is 0.416 e. The van der Waals surface area contributed by atoms with Gasteiger partial charge < -0.3 is 15.2 Å². The summed E-state index contributed by atoms with van der Waals surface area (Å²) in [6, 6.07) is 9.55. The molecular formula is C21H19ClF3N5O2S. The number of nitrogens with one attached hydrogen (secondary N) is 2. The Morgan fingerprint density at radius 3 is 2.45 bits per heavy atom. The highest BCUT2D eigenvalue weighted by molar-refractivity contribution is 7.99. The molecule has 0 saturated carbocycles. The van der Waals surface area contributed by atoms with Crippen LogP contribution in [0.25, 0.3) is 0 Å². The van der Waals surface area contributed by atoms with Crippen LogP contribution in [-0.2, 0) is 29.2 Å². The zero-order chi connectivity index (χ0) is 24.2. The number of amides is 2. The van der Waals surface area contributed by atoms with E-state index in [2.05, 4.69) is 20.8 Å². The fourth-order valence-corrected chi connectivity index (χ4v) is 3.66. The van der Waals surface area contributed by atoms with E-state index < -0.39 is 17.6 Å². The summed E-state index contributed by atoms with van der Waals surface area (Å²) in [5.41, 5.74) is 0.636. The lowest BCUT2D eigenvalue weighted by Crippen LogP contribution is -2.18. The van der Waals surface area contributed by atoms with Crippen molar-refractivity contribution in [3.05, 3.63) is 64.4 Å². The van der Waals surface area contributed by atoms with Gasteiger partial charge >= 0.3 is 6.18 Å². The second-order valence-corrected chi connectivity index (χ2v) is 8.41. The third-order valence-electron chi connectivity index (χ3n) is 4.51. The molecule has 2 aromatic carbocycles. The van der Waals surface area contributed by atoms with Gasteiger partial charge in [0.15, 0.2) is 5.16 Å². The quantitative estimate of drug-likeness (QED) is 0.462. The molecule has 3 aromatic rings. The van der Waals surface area contributed by atoms with Crippen LogP contribution < -0.4 is 10.6 Å². The van der Waals surface area contributed by atoms with E-state index in [0.29, 0.717) is 21.7 Å². The maximum Gasteiger partial charge on any atom is 0.416 e. The fraction of sp³-hybridized carbons (Fsp3) is 0.238. The van der Waals surface area contributed by atoms with Crippen LogP contribution in [0.15, 0.2) is 47.6 Å². The molecule has 1 aromatic heterocycles. The van der Waals surface area contributed by atoms with Gasteiger partial charge in [-0.15, -0.1) is 10.2 Å². The number of aromatic nitrogens is 3. The number of hydrogen-bond acceptors (Lipinski definition) is 5. The van der Waals surface area contributed by atoms with Gasteiger partial charge in [-0.1, -0.05) is 35.5 Å². The fourth-order valence-electron chi connectivity index (χ4n) is 2.74. The lowest BCUT2D eigenvalue weighted by molar-refractivity contribution is -0.137. The van der Waals surface area contributed by atoms with Gasteiger partial charge in [-0.3, -0.25) is 9.59 Å². The Hall–Kier alpha value is -3.05. The number of benzene rings is 2. The van der Waals surface area contributed by atoms with Crippen LogP contribution in [-0.4, -0.2) is 32.3 Å². The molecule has 0 atom stereocenters. The van der Waals surface area contributed by atoms with E-state index in [-0.39, 0.29) is 23.8 Å². The highest BCUT2D eigenvalue weighted by Crippen LogP contribution is 2.30. The third kappa shape index (κ3) is 6.72. The molecule has 0 bridgehead atoms. The van der Waals surface area contributed by atoms with Gasteiger partial charge in [0.1, 0.15) is 5.82 Å². The third-order valence-corrected chi connectivity index (χ3v) is 5.93. The summed E-state index contributed by atoms with van der Waals surface area (Å²) >= 11 is 7.18. The maximum absolute atomic E-state index is 12.8. The number of halogens is 4. The van der Waals surface area contributed by atoms with Crippen LogP contribution in [0.4, 0.5) is 24.5 Å². The summed E-state index contributed by atoms with van der Waals surface area (Å²) in [4.78, 5) is 24.5. The lowest BCUT2D eigenvalue weighted by atomic mass is 10.2. The van der Waals surface area contributed by atoms with Crippen LogP contribution in [0.3, 0.4) is 0 Å². The number of nitrogens with zero attached hydrogens (tertiary/aromatic N) is 3. The number of alkyl halides is 3. The van der Waals surface area contributed by atoms with Crippen LogP contribution in [0, 0.1) is 6.92 Å².